The van der Waals surface area contributed by atoms with Gasteiger partial charge in [0.15, 0.2) is 0 Å². The summed E-state index contributed by atoms with van der Waals surface area (Å²) in [4.78, 5) is 38.2. The zero-order chi connectivity index (χ0) is 14.8. The Labute approximate surface area is 123 Å². The highest BCUT2D eigenvalue weighted by Gasteiger charge is 2.34. The minimum Gasteiger partial charge on any atom is -0.341 e. The summed E-state index contributed by atoms with van der Waals surface area (Å²) >= 11 is 0. The van der Waals surface area contributed by atoms with Crippen molar-refractivity contribution < 1.29 is 14.4 Å². The summed E-state index contributed by atoms with van der Waals surface area (Å²) in [6.07, 6.45) is 1.40. The third-order valence-corrected chi connectivity index (χ3v) is 4.26. The van der Waals surface area contributed by atoms with Crippen LogP contribution in [0.3, 0.4) is 0 Å². The standard InChI is InChI=1S/C16H18N2O3/c19-14-6-7-15(20)18(14)11-16(21)17-9-8-13(10-17)12-4-2-1-3-5-12/h1-5,13H,6-11H2. The lowest BCUT2D eigenvalue weighted by atomic mass is 9.99. The number of likely N-dealkylation sites (tertiary alicyclic amines) is 2. The maximum Gasteiger partial charge on any atom is 0.242 e. The quantitative estimate of drug-likeness (QED) is 0.783. The van der Waals surface area contributed by atoms with Crippen LogP contribution < -0.4 is 0 Å². The summed E-state index contributed by atoms with van der Waals surface area (Å²) in [5.41, 5.74) is 1.24. The molecule has 3 amide bonds. The van der Waals surface area contributed by atoms with Crippen LogP contribution in [0.15, 0.2) is 30.3 Å². The van der Waals surface area contributed by atoms with Crippen LogP contribution in [0.5, 0.6) is 0 Å². The molecule has 5 nitrogen and oxygen atoms in total. The molecule has 0 saturated carbocycles. The van der Waals surface area contributed by atoms with Crippen LogP contribution in [0.1, 0.15) is 30.7 Å². The van der Waals surface area contributed by atoms with Crippen LogP contribution in [0.2, 0.25) is 0 Å². The Morgan fingerprint density at radius 2 is 1.76 bits per heavy atom. The summed E-state index contributed by atoms with van der Waals surface area (Å²) in [6, 6.07) is 10.1. The number of nitrogens with zero attached hydrogens (tertiary/aromatic N) is 2. The first kappa shape index (κ1) is 13.8. The van der Waals surface area contributed by atoms with Gasteiger partial charge >= 0.3 is 0 Å². The van der Waals surface area contributed by atoms with Crippen molar-refractivity contribution in [3.8, 4) is 0 Å². The van der Waals surface area contributed by atoms with E-state index in [4.69, 9.17) is 0 Å². The van der Waals surface area contributed by atoms with Gasteiger partial charge in [-0.1, -0.05) is 30.3 Å². The van der Waals surface area contributed by atoms with Gasteiger partial charge in [-0.15, -0.1) is 0 Å². The fourth-order valence-corrected chi connectivity index (χ4v) is 3.02. The molecule has 1 unspecified atom stereocenters. The molecule has 1 aromatic carbocycles. The largest absolute Gasteiger partial charge is 0.341 e. The summed E-state index contributed by atoms with van der Waals surface area (Å²) in [7, 11) is 0. The minimum atomic E-state index is -0.229. The molecule has 5 heteroatoms. The molecule has 1 aromatic rings. The van der Waals surface area contributed by atoms with Gasteiger partial charge in [0.1, 0.15) is 6.54 Å². The molecule has 0 N–H and O–H groups in total. The van der Waals surface area contributed by atoms with E-state index in [1.807, 2.05) is 18.2 Å². The first-order valence-corrected chi connectivity index (χ1v) is 7.31. The highest BCUT2D eigenvalue weighted by molar-refractivity contribution is 6.04. The van der Waals surface area contributed by atoms with E-state index in [1.54, 1.807) is 4.90 Å². The molecule has 3 rings (SSSR count). The van der Waals surface area contributed by atoms with E-state index in [0.29, 0.717) is 19.0 Å². The van der Waals surface area contributed by atoms with Crippen LogP contribution in [0, 0.1) is 0 Å². The molecule has 21 heavy (non-hydrogen) atoms. The van der Waals surface area contributed by atoms with E-state index in [9.17, 15) is 14.4 Å². The summed E-state index contributed by atoms with van der Waals surface area (Å²) < 4.78 is 0. The van der Waals surface area contributed by atoms with Crippen LogP contribution in [0.25, 0.3) is 0 Å². The molecule has 2 saturated heterocycles. The summed E-state index contributed by atoms with van der Waals surface area (Å²) in [5, 5.41) is 0. The number of amides is 3. The van der Waals surface area contributed by atoms with Crippen molar-refractivity contribution in [1.29, 1.82) is 0 Å². The topological polar surface area (TPSA) is 57.7 Å². The molecule has 2 aliphatic rings. The molecule has 0 radical (unpaired) electrons. The van der Waals surface area contributed by atoms with E-state index in [2.05, 4.69) is 12.1 Å². The van der Waals surface area contributed by atoms with Gasteiger partial charge in [0.25, 0.3) is 0 Å². The fourth-order valence-electron chi connectivity index (χ4n) is 3.02. The van der Waals surface area contributed by atoms with E-state index in [0.717, 1.165) is 11.3 Å². The van der Waals surface area contributed by atoms with Crippen LogP contribution >= 0.6 is 0 Å². The van der Waals surface area contributed by atoms with Gasteiger partial charge in [0, 0.05) is 31.8 Å². The third-order valence-electron chi connectivity index (χ3n) is 4.26. The lowest BCUT2D eigenvalue weighted by Crippen LogP contribution is -2.41. The molecular weight excluding hydrogens is 268 g/mol. The SMILES string of the molecule is O=C(CN1C(=O)CCC1=O)N1CCC(c2ccccc2)C1. The lowest BCUT2D eigenvalue weighted by molar-refractivity contribution is -0.145. The second-order valence-corrected chi connectivity index (χ2v) is 5.61. The molecule has 2 fully saturated rings. The number of carbonyl (C=O) groups excluding carboxylic acids is 3. The molecule has 0 aliphatic carbocycles. The van der Waals surface area contributed by atoms with E-state index >= 15 is 0 Å². The average molecular weight is 286 g/mol. The monoisotopic (exact) mass is 286 g/mol. The van der Waals surface area contributed by atoms with Crippen molar-refractivity contribution in [2.45, 2.75) is 25.2 Å². The maximum atomic E-state index is 12.2. The Balaban J connectivity index is 1.60. The van der Waals surface area contributed by atoms with Crippen molar-refractivity contribution in [2.75, 3.05) is 19.6 Å². The van der Waals surface area contributed by atoms with Gasteiger partial charge in [-0.2, -0.15) is 0 Å². The molecular formula is C16H18N2O3. The highest BCUT2D eigenvalue weighted by atomic mass is 16.2. The summed E-state index contributed by atoms with van der Waals surface area (Å²) in [6.45, 7) is 1.26. The van der Waals surface area contributed by atoms with Gasteiger partial charge in [0.05, 0.1) is 0 Å². The molecule has 1 atom stereocenters. The van der Waals surface area contributed by atoms with Crippen molar-refractivity contribution in [3.05, 3.63) is 35.9 Å². The first-order valence-electron chi connectivity index (χ1n) is 7.31. The van der Waals surface area contributed by atoms with E-state index in [-0.39, 0.29) is 37.1 Å². The Kier molecular flexibility index (Phi) is 3.73. The predicted molar refractivity (Wildman–Crippen MR) is 76.3 cm³/mol. The number of benzene rings is 1. The Morgan fingerprint density at radius 3 is 2.43 bits per heavy atom. The molecule has 0 bridgehead atoms. The van der Waals surface area contributed by atoms with E-state index in [1.165, 1.54) is 5.56 Å². The van der Waals surface area contributed by atoms with Gasteiger partial charge in [0.2, 0.25) is 17.7 Å². The van der Waals surface area contributed by atoms with Crippen molar-refractivity contribution in [1.82, 2.24) is 9.80 Å². The minimum absolute atomic E-state index is 0.0980. The van der Waals surface area contributed by atoms with Crippen LogP contribution in [-0.2, 0) is 14.4 Å². The van der Waals surface area contributed by atoms with Crippen LogP contribution in [0.4, 0.5) is 0 Å². The molecule has 0 spiro atoms. The fraction of sp³-hybridized carbons (Fsp3) is 0.438. The Bertz CT molecular complexity index is 554. The smallest absolute Gasteiger partial charge is 0.242 e. The van der Waals surface area contributed by atoms with Gasteiger partial charge in [-0.25, -0.2) is 0 Å². The number of hydrogen-bond donors (Lipinski definition) is 0. The second kappa shape index (κ2) is 5.68. The van der Waals surface area contributed by atoms with Crippen molar-refractivity contribution in [3.63, 3.8) is 0 Å². The lowest BCUT2D eigenvalue weighted by Gasteiger charge is -2.20. The average Bonchev–Trinajstić information content (AvgIpc) is 3.11. The second-order valence-electron chi connectivity index (χ2n) is 5.61. The van der Waals surface area contributed by atoms with Gasteiger partial charge < -0.3 is 4.90 Å². The Morgan fingerprint density at radius 1 is 1.10 bits per heavy atom. The first-order chi connectivity index (χ1) is 10.1. The van der Waals surface area contributed by atoms with Gasteiger partial charge in [-0.3, -0.25) is 19.3 Å². The molecule has 110 valence electrons. The van der Waals surface area contributed by atoms with Crippen molar-refractivity contribution in [2.24, 2.45) is 0 Å². The zero-order valence-corrected chi connectivity index (χ0v) is 11.8. The highest BCUT2D eigenvalue weighted by Crippen LogP contribution is 2.27. The molecule has 0 aromatic heterocycles. The normalized spacial score (nSPS) is 22.2. The Hall–Kier alpha value is -2.17. The van der Waals surface area contributed by atoms with Gasteiger partial charge in [-0.05, 0) is 12.0 Å². The number of imide groups is 1. The summed E-state index contributed by atoms with van der Waals surface area (Å²) in [5.74, 6) is -0.239. The zero-order valence-electron chi connectivity index (χ0n) is 11.8. The number of hydrogen-bond acceptors (Lipinski definition) is 3. The molecule has 2 aliphatic heterocycles. The third kappa shape index (κ3) is 2.82. The number of rotatable bonds is 3. The van der Waals surface area contributed by atoms with E-state index < -0.39 is 0 Å². The van der Waals surface area contributed by atoms with Crippen molar-refractivity contribution >= 4 is 17.7 Å². The van der Waals surface area contributed by atoms with Crippen LogP contribution in [-0.4, -0.2) is 47.2 Å². The molecule has 2 heterocycles. The maximum absolute atomic E-state index is 12.2. The predicted octanol–water partition coefficient (Wildman–Crippen LogP) is 1.15. The number of carbonyl (C=O) groups is 3.